The Kier molecular flexibility index (Phi) is 3.92. The number of nitrogens with zero attached hydrogens (tertiary/aromatic N) is 1. The molecule has 1 aromatic carbocycles. The van der Waals surface area contributed by atoms with E-state index in [2.05, 4.69) is 43.1 Å². The quantitative estimate of drug-likeness (QED) is 0.901. The van der Waals surface area contributed by atoms with Gasteiger partial charge in [0.25, 0.3) is 0 Å². The Hall–Kier alpha value is -1.19. The van der Waals surface area contributed by atoms with E-state index in [1.807, 2.05) is 6.07 Å². The normalized spacial score (nSPS) is 12.6. The largest absolute Gasteiger partial charge is 0.327 e. The number of nitrogens with two attached hydrogens (primary N) is 1. The van der Waals surface area contributed by atoms with E-state index in [9.17, 15) is 0 Å². The first-order chi connectivity index (χ1) is 8.15. The molecule has 2 N–H and O–H groups in total. The van der Waals surface area contributed by atoms with Gasteiger partial charge in [0, 0.05) is 17.3 Å². The maximum Gasteiger partial charge on any atom is 0.0946 e. The van der Waals surface area contributed by atoms with Crippen LogP contribution in [0.1, 0.15) is 21.1 Å². The second kappa shape index (κ2) is 5.43. The van der Waals surface area contributed by atoms with Crippen molar-refractivity contribution in [2.24, 2.45) is 5.73 Å². The molecule has 0 amide bonds. The molecule has 0 bridgehead atoms. The van der Waals surface area contributed by atoms with Crippen molar-refractivity contribution in [3.63, 3.8) is 0 Å². The summed E-state index contributed by atoms with van der Waals surface area (Å²) in [7, 11) is 0. The van der Waals surface area contributed by atoms with Crippen LogP contribution in [0, 0.1) is 13.8 Å². The molecular weight excluding hydrogens is 228 g/mol. The third-order valence-electron chi connectivity index (χ3n) is 2.85. The van der Waals surface area contributed by atoms with Crippen molar-refractivity contribution in [2.75, 3.05) is 0 Å². The standard InChI is InChI=1S/C14H18N2S/c1-10-11(2)17-14(16-10)9-13(15)8-12-6-4-3-5-7-12/h3-7,13H,8-9,15H2,1-2H3. The van der Waals surface area contributed by atoms with Gasteiger partial charge < -0.3 is 5.73 Å². The average molecular weight is 246 g/mol. The average Bonchev–Trinajstić information content (AvgIpc) is 2.59. The van der Waals surface area contributed by atoms with Crippen molar-refractivity contribution < 1.29 is 0 Å². The highest BCUT2D eigenvalue weighted by Crippen LogP contribution is 2.18. The SMILES string of the molecule is Cc1nc(CC(N)Cc2ccccc2)sc1C. The molecule has 0 saturated carbocycles. The Morgan fingerprint density at radius 3 is 2.47 bits per heavy atom. The number of hydrogen-bond donors (Lipinski definition) is 1. The topological polar surface area (TPSA) is 38.9 Å². The molecule has 0 aliphatic rings. The summed E-state index contributed by atoms with van der Waals surface area (Å²) in [4.78, 5) is 5.83. The molecule has 2 aromatic rings. The van der Waals surface area contributed by atoms with Crippen molar-refractivity contribution in [3.05, 3.63) is 51.5 Å². The first-order valence-electron chi connectivity index (χ1n) is 5.87. The van der Waals surface area contributed by atoms with Crippen LogP contribution in [0.5, 0.6) is 0 Å². The first-order valence-corrected chi connectivity index (χ1v) is 6.69. The molecule has 1 unspecified atom stereocenters. The van der Waals surface area contributed by atoms with Gasteiger partial charge in [-0.05, 0) is 25.8 Å². The fraction of sp³-hybridized carbons (Fsp3) is 0.357. The Morgan fingerprint density at radius 2 is 1.88 bits per heavy atom. The minimum atomic E-state index is 0.155. The fourth-order valence-corrected chi connectivity index (χ4v) is 2.87. The molecule has 0 aliphatic heterocycles. The van der Waals surface area contributed by atoms with Gasteiger partial charge in [0.15, 0.2) is 0 Å². The molecule has 2 nitrogen and oxygen atoms in total. The summed E-state index contributed by atoms with van der Waals surface area (Å²) in [5.41, 5.74) is 8.60. The predicted octanol–water partition coefficient (Wildman–Crippen LogP) is 2.87. The highest BCUT2D eigenvalue weighted by atomic mass is 32.1. The van der Waals surface area contributed by atoms with Gasteiger partial charge in [-0.3, -0.25) is 0 Å². The second-order valence-corrected chi connectivity index (χ2v) is 5.69. The molecule has 0 radical (unpaired) electrons. The molecular formula is C14H18N2S. The van der Waals surface area contributed by atoms with Gasteiger partial charge >= 0.3 is 0 Å². The Balaban J connectivity index is 1.95. The molecule has 1 atom stereocenters. The molecule has 1 heterocycles. The molecule has 0 fully saturated rings. The van der Waals surface area contributed by atoms with Crippen LogP contribution in [0.4, 0.5) is 0 Å². The van der Waals surface area contributed by atoms with Crippen molar-refractivity contribution in [1.82, 2.24) is 4.98 Å². The van der Waals surface area contributed by atoms with Gasteiger partial charge in [0.05, 0.1) is 10.7 Å². The monoisotopic (exact) mass is 246 g/mol. The lowest BCUT2D eigenvalue weighted by Gasteiger charge is -2.09. The van der Waals surface area contributed by atoms with E-state index in [1.165, 1.54) is 10.4 Å². The lowest BCUT2D eigenvalue weighted by atomic mass is 10.0. The maximum atomic E-state index is 6.16. The van der Waals surface area contributed by atoms with Crippen molar-refractivity contribution in [3.8, 4) is 0 Å². The maximum absolute atomic E-state index is 6.16. The summed E-state index contributed by atoms with van der Waals surface area (Å²) < 4.78 is 0. The summed E-state index contributed by atoms with van der Waals surface area (Å²) in [5, 5.41) is 1.16. The van der Waals surface area contributed by atoms with E-state index in [0.717, 1.165) is 23.5 Å². The Morgan fingerprint density at radius 1 is 1.18 bits per heavy atom. The van der Waals surface area contributed by atoms with Crippen LogP contribution in [0.2, 0.25) is 0 Å². The number of rotatable bonds is 4. The lowest BCUT2D eigenvalue weighted by Crippen LogP contribution is -2.25. The van der Waals surface area contributed by atoms with E-state index in [-0.39, 0.29) is 6.04 Å². The number of benzene rings is 1. The highest BCUT2D eigenvalue weighted by Gasteiger charge is 2.09. The van der Waals surface area contributed by atoms with Crippen LogP contribution >= 0.6 is 11.3 Å². The van der Waals surface area contributed by atoms with E-state index >= 15 is 0 Å². The third-order valence-corrected chi connectivity index (χ3v) is 3.95. The molecule has 2 rings (SSSR count). The third kappa shape index (κ3) is 3.38. The van der Waals surface area contributed by atoms with Gasteiger partial charge in [-0.15, -0.1) is 11.3 Å². The van der Waals surface area contributed by atoms with Crippen LogP contribution < -0.4 is 5.73 Å². The van der Waals surface area contributed by atoms with Gasteiger partial charge in [-0.1, -0.05) is 30.3 Å². The second-order valence-electron chi connectivity index (χ2n) is 4.40. The molecule has 0 aliphatic carbocycles. The number of hydrogen-bond acceptors (Lipinski definition) is 3. The van der Waals surface area contributed by atoms with Crippen molar-refractivity contribution >= 4 is 11.3 Å². The summed E-state index contributed by atoms with van der Waals surface area (Å²) in [6.07, 6.45) is 1.78. The number of aryl methyl sites for hydroxylation is 2. The predicted molar refractivity (Wildman–Crippen MR) is 73.4 cm³/mol. The zero-order valence-electron chi connectivity index (χ0n) is 10.3. The van der Waals surface area contributed by atoms with Crippen LogP contribution in [0.25, 0.3) is 0 Å². The number of aromatic nitrogens is 1. The Labute approximate surface area is 107 Å². The summed E-state index contributed by atoms with van der Waals surface area (Å²) in [6.45, 7) is 4.16. The van der Waals surface area contributed by atoms with Crippen LogP contribution in [-0.2, 0) is 12.8 Å². The molecule has 90 valence electrons. The van der Waals surface area contributed by atoms with Crippen molar-refractivity contribution in [1.29, 1.82) is 0 Å². The Bertz CT molecular complexity index is 457. The highest BCUT2D eigenvalue weighted by molar-refractivity contribution is 7.11. The summed E-state index contributed by atoms with van der Waals surface area (Å²) in [5.74, 6) is 0. The molecule has 17 heavy (non-hydrogen) atoms. The molecule has 3 heteroatoms. The number of thiazole rings is 1. The smallest absolute Gasteiger partial charge is 0.0946 e. The van der Waals surface area contributed by atoms with E-state index < -0.39 is 0 Å². The van der Waals surface area contributed by atoms with Crippen LogP contribution in [0.3, 0.4) is 0 Å². The van der Waals surface area contributed by atoms with Gasteiger partial charge in [0.2, 0.25) is 0 Å². The van der Waals surface area contributed by atoms with Gasteiger partial charge in [-0.25, -0.2) is 4.98 Å². The summed E-state index contributed by atoms with van der Waals surface area (Å²) >= 11 is 1.76. The zero-order chi connectivity index (χ0) is 12.3. The van der Waals surface area contributed by atoms with Gasteiger partial charge in [-0.2, -0.15) is 0 Å². The minimum absolute atomic E-state index is 0.155. The lowest BCUT2D eigenvalue weighted by molar-refractivity contribution is 0.661. The zero-order valence-corrected chi connectivity index (χ0v) is 11.1. The van der Waals surface area contributed by atoms with Crippen LogP contribution in [0.15, 0.2) is 30.3 Å². The van der Waals surface area contributed by atoms with Crippen LogP contribution in [-0.4, -0.2) is 11.0 Å². The fourth-order valence-electron chi connectivity index (χ4n) is 1.84. The molecule has 1 aromatic heterocycles. The van der Waals surface area contributed by atoms with E-state index in [0.29, 0.717) is 0 Å². The van der Waals surface area contributed by atoms with E-state index in [1.54, 1.807) is 11.3 Å². The summed E-state index contributed by atoms with van der Waals surface area (Å²) in [6, 6.07) is 10.5. The van der Waals surface area contributed by atoms with E-state index in [4.69, 9.17) is 5.73 Å². The minimum Gasteiger partial charge on any atom is -0.327 e. The molecule has 0 spiro atoms. The van der Waals surface area contributed by atoms with Gasteiger partial charge in [0.1, 0.15) is 0 Å². The molecule has 0 saturated heterocycles. The van der Waals surface area contributed by atoms with Crippen molar-refractivity contribution in [2.45, 2.75) is 32.7 Å². The first kappa shape index (κ1) is 12.3.